The molecule has 0 aromatic heterocycles. The van der Waals surface area contributed by atoms with Crippen LogP contribution in [0.5, 0.6) is 0 Å². The van der Waals surface area contributed by atoms with E-state index >= 15 is 0 Å². The minimum Gasteiger partial charge on any atom is -0.376 e. The molecule has 0 saturated heterocycles. The molecule has 0 heterocycles. The van der Waals surface area contributed by atoms with Crippen molar-refractivity contribution in [3.63, 3.8) is 0 Å². The molecule has 0 bridgehead atoms. The fourth-order valence-electron chi connectivity index (χ4n) is 1.31. The number of hydrogen-bond donors (Lipinski definition) is 1. The van der Waals surface area contributed by atoms with Crippen molar-refractivity contribution < 1.29 is 13.9 Å². The van der Waals surface area contributed by atoms with Gasteiger partial charge in [-0.15, -0.1) is 0 Å². The van der Waals surface area contributed by atoms with E-state index in [4.69, 9.17) is 13.9 Å². The Morgan fingerprint density at radius 3 is 2.13 bits per heavy atom. The molecule has 0 unspecified atom stereocenters. The molecule has 0 spiro atoms. The van der Waals surface area contributed by atoms with E-state index < -0.39 is 15.7 Å². The zero-order valence-corrected chi connectivity index (χ0v) is 12.4. The van der Waals surface area contributed by atoms with Crippen molar-refractivity contribution >= 4 is 22.4 Å². The average molecular weight is 252 g/mol. The molecule has 0 amide bonds. The van der Waals surface area contributed by atoms with Crippen molar-refractivity contribution in [1.82, 2.24) is 0 Å². The molecule has 0 N–H and O–H groups in total. The average Bonchev–Trinajstić information content (AvgIpc) is 2.25. The van der Waals surface area contributed by atoms with Crippen LogP contribution >= 0.6 is 12.6 Å². The van der Waals surface area contributed by atoms with E-state index in [1.165, 1.54) is 0 Å². The van der Waals surface area contributed by atoms with Gasteiger partial charge in [0, 0.05) is 19.6 Å². The van der Waals surface area contributed by atoms with Crippen molar-refractivity contribution in [3.05, 3.63) is 0 Å². The number of rotatable bonds is 10. The van der Waals surface area contributed by atoms with E-state index in [1.807, 2.05) is 20.8 Å². The molecule has 0 rings (SSSR count). The van der Waals surface area contributed by atoms with E-state index in [-0.39, 0.29) is 0 Å². The van der Waals surface area contributed by atoms with Crippen LogP contribution in [0, 0.1) is 0 Å². The minimum absolute atomic E-state index is 0.554. The zero-order chi connectivity index (χ0) is 11.6. The lowest BCUT2D eigenvalue weighted by molar-refractivity contribution is -0.343. The van der Waals surface area contributed by atoms with Crippen LogP contribution in [-0.4, -0.2) is 34.7 Å². The molecular weight excluding hydrogens is 228 g/mol. The molecule has 0 saturated carbocycles. The third-order valence-corrected chi connectivity index (χ3v) is 3.78. The molecule has 0 aliphatic rings. The molecule has 0 radical (unpaired) electrons. The molecule has 0 aliphatic heterocycles. The van der Waals surface area contributed by atoms with Crippen molar-refractivity contribution in [2.75, 3.05) is 19.0 Å². The highest BCUT2D eigenvalue weighted by Gasteiger charge is 2.29. The van der Waals surface area contributed by atoms with Gasteiger partial charge in [0.2, 0.25) is 0 Å². The lowest BCUT2D eigenvalue weighted by atomic mass is 10.4. The summed E-state index contributed by atoms with van der Waals surface area (Å²) in [5.41, 5.74) is 0. The van der Waals surface area contributed by atoms with Crippen LogP contribution in [0.3, 0.4) is 0 Å². The Morgan fingerprint density at radius 1 is 1.13 bits per heavy atom. The molecule has 15 heavy (non-hydrogen) atoms. The maximum absolute atomic E-state index is 5.82. The Labute approximate surface area is 101 Å². The summed E-state index contributed by atoms with van der Waals surface area (Å²) in [6.45, 7) is 7.19. The van der Waals surface area contributed by atoms with Gasteiger partial charge >= 0.3 is 0 Å². The summed E-state index contributed by atoms with van der Waals surface area (Å²) in [5, 5.41) is 0. The van der Waals surface area contributed by atoms with Crippen molar-refractivity contribution in [1.29, 1.82) is 0 Å². The molecule has 0 aromatic rings. The van der Waals surface area contributed by atoms with E-state index in [0.29, 0.717) is 13.2 Å². The molecule has 92 valence electrons. The fourth-order valence-corrected chi connectivity index (χ4v) is 3.24. The van der Waals surface area contributed by atoms with Crippen molar-refractivity contribution in [2.45, 2.75) is 45.6 Å². The molecule has 0 aromatic carbocycles. The number of thiol groups is 1. The van der Waals surface area contributed by atoms with Crippen LogP contribution in [0.2, 0.25) is 6.04 Å². The SMILES string of the molecule is CCOC(CC)(OCC)O[SiH2]CCCS. The van der Waals surface area contributed by atoms with Crippen LogP contribution in [-0.2, 0) is 13.9 Å². The van der Waals surface area contributed by atoms with E-state index in [1.54, 1.807) is 0 Å². The van der Waals surface area contributed by atoms with Gasteiger partial charge in [-0.05, 0) is 32.1 Å². The molecule has 3 nitrogen and oxygen atoms in total. The topological polar surface area (TPSA) is 27.7 Å². The normalized spacial score (nSPS) is 12.8. The first-order valence-corrected chi connectivity index (χ1v) is 7.98. The largest absolute Gasteiger partial charge is 0.376 e. The molecule has 0 aliphatic carbocycles. The third-order valence-electron chi connectivity index (χ3n) is 2.04. The van der Waals surface area contributed by atoms with Crippen LogP contribution in [0.4, 0.5) is 0 Å². The third kappa shape index (κ3) is 6.58. The highest BCUT2D eigenvalue weighted by atomic mass is 32.1. The zero-order valence-electron chi connectivity index (χ0n) is 10.1. The lowest BCUT2D eigenvalue weighted by Crippen LogP contribution is -2.39. The summed E-state index contributed by atoms with van der Waals surface area (Å²) in [5.74, 6) is 0.158. The standard InChI is InChI=1S/C10H24O3SSi/c1-4-10(11-5-2,12-6-3)13-15-9-7-8-14/h14H,4-9,15H2,1-3H3. The van der Waals surface area contributed by atoms with Gasteiger partial charge < -0.3 is 13.9 Å². The Morgan fingerprint density at radius 2 is 1.73 bits per heavy atom. The second-order valence-corrected chi connectivity index (χ2v) is 5.03. The first-order valence-electron chi connectivity index (χ1n) is 5.77. The summed E-state index contributed by atoms with van der Waals surface area (Å²) in [6.07, 6.45) is 1.86. The minimum atomic E-state index is -0.772. The summed E-state index contributed by atoms with van der Waals surface area (Å²) in [6, 6.07) is 1.13. The molecule has 0 fully saturated rings. The monoisotopic (exact) mass is 252 g/mol. The molecular formula is C10H24O3SSi. The maximum Gasteiger partial charge on any atom is 0.272 e. The Kier molecular flexibility index (Phi) is 9.94. The smallest absolute Gasteiger partial charge is 0.272 e. The first kappa shape index (κ1) is 15.4. The predicted octanol–water partition coefficient (Wildman–Crippen LogP) is 1.96. The predicted molar refractivity (Wildman–Crippen MR) is 69.2 cm³/mol. The van der Waals surface area contributed by atoms with Crippen LogP contribution in [0.1, 0.15) is 33.6 Å². The Balaban J connectivity index is 3.96. The van der Waals surface area contributed by atoms with Gasteiger partial charge in [-0.1, -0.05) is 6.92 Å². The second kappa shape index (κ2) is 9.66. The van der Waals surface area contributed by atoms with Gasteiger partial charge in [0.25, 0.3) is 5.97 Å². The van der Waals surface area contributed by atoms with Gasteiger partial charge in [-0.25, -0.2) is 0 Å². The summed E-state index contributed by atoms with van der Waals surface area (Å²) < 4.78 is 17.0. The number of ether oxygens (including phenoxy) is 2. The van der Waals surface area contributed by atoms with Gasteiger partial charge in [-0.3, -0.25) is 0 Å². The van der Waals surface area contributed by atoms with Gasteiger partial charge in [-0.2, -0.15) is 12.6 Å². The van der Waals surface area contributed by atoms with Crippen LogP contribution in [0.15, 0.2) is 0 Å². The Bertz CT molecular complexity index is 141. The highest BCUT2D eigenvalue weighted by Crippen LogP contribution is 2.19. The van der Waals surface area contributed by atoms with Gasteiger partial charge in [0.15, 0.2) is 9.76 Å². The molecule has 0 atom stereocenters. The Hall–Kier alpha value is 0.447. The highest BCUT2D eigenvalue weighted by molar-refractivity contribution is 7.80. The number of hydrogen-bond acceptors (Lipinski definition) is 4. The van der Waals surface area contributed by atoms with Crippen molar-refractivity contribution in [3.8, 4) is 0 Å². The first-order chi connectivity index (χ1) is 7.24. The fraction of sp³-hybridized carbons (Fsp3) is 1.00. The second-order valence-electron chi connectivity index (χ2n) is 3.18. The van der Waals surface area contributed by atoms with E-state index in [2.05, 4.69) is 12.6 Å². The maximum atomic E-state index is 5.82. The van der Waals surface area contributed by atoms with Gasteiger partial charge in [0.05, 0.1) is 0 Å². The summed E-state index contributed by atoms with van der Waals surface area (Å²) in [4.78, 5) is 0. The lowest BCUT2D eigenvalue weighted by Gasteiger charge is -2.32. The van der Waals surface area contributed by atoms with Crippen LogP contribution in [0.25, 0.3) is 0 Å². The quantitative estimate of drug-likeness (QED) is 0.279. The van der Waals surface area contributed by atoms with Crippen molar-refractivity contribution in [2.24, 2.45) is 0 Å². The van der Waals surface area contributed by atoms with E-state index in [0.717, 1.165) is 24.6 Å². The van der Waals surface area contributed by atoms with Crippen LogP contribution < -0.4 is 0 Å². The summed E-state index contributed by atoms with van der Waals surface area (Å²) >= 11 is 4.18. The molecule has 5 heteroatoms. The van der Waals surface area contributed by atoms with E-state index in [9.17, 15) is 0 Å². The summed E-state index contributed by atoms with van der Waals surface area (Å²) in [7, 11) is -0.554. The van der Waals surface area contributed by atoms with Gasteiger partial charge in [0.1, 0.15) is 0 Å².